The highest BCUT2D eigenvalue weighted by molar-refractivity contribution is 5.76. The number of aliphatic hydroxyl groups excluding tert-OH is 1. The zero-order chi connectivity index (χ0) is 19.6. The van der Waals surface area contributed by atoms with Crippen molar-refractivity contribution in [1.29, 1.82) is 0 Å². The molecule has 0 aliphatic carbocycles. The Balaban J connectivity index is 1.97. The number of aromatic hydroxyl groups is 1. The van der Waals surface area contributed by atoms with Crippen molar-refractivity contribution in [3.8, 4) is 5.75 Å². The molecule has 0 spiro atoms. The number of rotatable bonds is 11. The van der Waals surface area contributed by atoms with Crippen molar-refractivity contribution in [2.75, 3.05) is 19.6 Å². The Hall–Kier alpha value is -1.66. The van der Waals surface area contributed by atoms with Crippen LogP contribution in [0.1, 0.15) is 70.0 Å². The van der Waals surface area contributed by atoms with Gasteiger partial charge in [0.2, 0.25) is 5.91 Å². The molecule has 1 heterocycles. The molecule has 0 bridgehead atoms. The van der Waals surface area contributed by atoms with E-state index < -0.39 is 23.7 Å². The number of hydrogen-bond donors (Lipinski definition) is 3. The van der Waals surface area contributed by atoms with Gasteiger partial charge in [-0.25, -0.2) is 4.39 Å². The summed E-state index contributed by atoms with van der Waals surface area (Å²) in [6.45, 7) is 4.58. The number of phenolic OH excluding ortho intramolecular Hbond substituents is 1. The van der Waals surface area contributed by atoms with Crippen LogP contribution in [0.3, 0.4) is 0 Å². The number of unbranched alkanes of at least 4 members (excludes halogenated alkanes) is 4. The first kappa shape index (κ1) is 21.6. The van der Waals surface area contributed by atoms with Gasteiger partial charge in [0, 0.05) is 13.0 Å². The van der Waals surface area contributed by atoms with Crippen LogP contribution < -0.4 is 5.32 Å². The highest BCUT2D eigenvalue weighted by Gasteiger charge is 2.27. The number of carbonyl (C=O) groups excluding carboxylic acids is 1. The van der Waals surface area contributed by atoms with Crippen LogP contribution in [0.25, 0.3) is 0 Å². The summed E-state index contributed by atoms with van der Waals surface area (Å²) in [5.41, 5.74) is 0.359. The molecule has 5 nitrogen and oxygen atoms in total. The molecule has 152 valence electrons. The van der Waals surface area contributed by atoms with Gasteiger partial charge in [0.05, 0.1) is 6.04 Å². The third kappa shape index (κ3) is 7.11. The number of hydrogen-bond acceptors (Lipinski definition) is 4. The minimum atomic E-state index is -1.02. The smallest absolute Gasteiger partial charge is 0.220 e. The fourth-order valence-corrected chi connectivity index (χ4v) is 3.58. The van der Waals surface area contributed by atoms with E-state index in [1.165, 1.54) is 25.0 Å². The number of benzene rings is 1. The van der Waals surface area contributed by atoms with E-state index in [4.69, 9.17) is 0 Å². The van der Waals surface area contributed by atoms with Crippen molar-refractivity contribution < 1.29 is 19.4 Å². The first-order valence-electron chi connectivity index (χ1n) is 10.2. The molecule has 1 aliphatic rings. The van der Waals surface area contributed by atoms with Gasteiger partial charge in [0.25, 0.3) is 0 Å². The number of nitrogens with zero attached hydrogens (tertiary/aromatic N) is 1. The third-order valence-electron chi connectivity index (χ3n) is 5.20. The zero-order valence-corrected chi connectivity index (χ0v) is 16.3. The molecular formula is C21H33FN2O3. The number of likely N-dealkylation sites (tertiary alicyclic amines) is 1. The lowest BCUT2D eigenvalue weighted by Gasteiger charge is -2.29. The van der Waals surface area contributed by atoms with Gasteiger partial charge in [-0.1, -0.05) is 38.7 Å². The van der Waals surface area contributed by atoms with E-state index in [1.54, 1.807) is 0 Å². The summed E-state index contributed by atoms with van der Waals surface area (Å²) in [6, 6.07) is 3.36. The highest BCUT2D eigenvalue weighted by Crippen LogP contribution is 2.24. The standard InChI is InChI=1S/C21H33FN2O3/c1-2-3-4-5-6-9-20(26)23-18(15-24-12-7-8-13-24)21(27)16-10-11-19(25)17(22)14-16/h10-11,14,18,21,25,27H,2-9,12-13,15H2,1H3,(H,23,26). The Labute approximate surface area is 161 Å². The van der Waals surface area contributed by atoms with Gasteiger partial charge in [-0.05, 0) is 50.0 Å². The van der Waals surface area contributed by atoms with Crippen molar-refractivity contribution >= 4 is 5.91 Å². The summed E-state index contributed by atoms with van der Waals surface area (Å²) in [6.07, 6.45) is 7.00. The highest BCUT2D eigenvalue weighted by atomic mass is 19.1. The van der Waals surface area contributed by atoms with Crippen molar-refractivity contribution in [2.24, 2.45) is 0 Å². The summed E-state index contributed by atoms with van der Waals surface area (Å²) >= 11 is 0. The molecule has 27 heavy (non-hydrogen) atoms. The van der Waals surface area contributed by atoms with Crippen molar-refractivity contribution in [2.45, 2.75) is 70.4 Å². The van der Waals surface area contributed by atoms with E-state index in [9.17, 15) is 19.4 Å². The van der Waals surface area contributed by atoms with E-state index in [1.807, 2.05) is 0 Å². The average molecular weight is 381 g/mol. The topological polar surface area (TPSA) is 72.8 Å². The Morgan fingerprint density at radius 3 is 2.59 bits per heavy atom. The maximum Gasteiger partial charge on any atom is 0.220 e. The van der Waals surface area contributed by atoms with Crippen molar-refractivity contribution in [3.05, 3.63) is 29.6 Å². The number of nitrogens with one attached hydrogen (secondary N) is 1. The van der Waals surface area contributed by atoms with Crippen molar-refractivity contribution in [1.82, 2.24) is 10.2 Å². The monoisotopic (exact) mass is 380 g/mol. The maximum atomic E-state index is 13.7. The van der Waals surface area contributed by atoms with E-state index in [0.29, 0.717) is 18.5 Å². The number of phenols is 1. The predicted octanol–water partition coefficient (Wildman–Crippen LogP) is 3.51. The van der Waals surface area contributed by atoms with E-state index >= 15 is 0 Å². The molecule has 1 aromatic rings. The molecule has 3 N–H and O–H groups in total. The molecule has 0 saturated carbocycles. The van der Waals surface area contributed by atoms with Crippen LogP contribution in [0.2, 0.25) is 0 Å². The number of amides is 1. The molecule has 0 radical (unpaired) electrons. The van der Waals surface area contributed by atoms with Crippen LogP contribution in [0.5, 0.6) is 5.75 Å². The van der Waals surface area contributed by atoms with Crippen LogP contribution in [0.4, 0.5) is 4.39 Å². The molecule has 2 atom stereocenters. The minimum Gasteiger partial charge on any atom is -0.505 e. The Bertz CT molecular complexity index is 591. The first-order chi connectivity index (χ1) is 13.0. The van der Waals surface area contributed by atoms with Gasteiger partial charge < -0.3 is 20.4 Å². The second kappa shape index (κ2) is 11.2. The molecular weight excluding hydrogens is 347 g/mol. The fraction of sp³-hybridized carbons (Fsp3) is 0.667. The molecule has 1 aliphatic heterocycles. The number of carbonyl (C=O) groups is 1. The molecule has 6 heteroatoms. The molecule has 1 saturated heterocycles. The zero-order valence-electron chi connectivity index (χ0n) is 16.3. The van der Waals surface area contributed by atoms with E-state index in [2.05, 4.69) is 17.1 Å². The Morgan fingerprint density at radius 1 is 1.22 bits per heavy atom. The van der Waals surface area contributed by atoms with Gasteiger partial charge in [-0.3, -0.25) is 4.79 Å². The second-order valence-corrected chi connectivity index (χ2v) is 7.50. The Morgan fingerprint density at radius 2 is 1.93 bits per heavy atom. The summed E-state index contributed by atoms with van der Waals surface area (Å²) in [5, 5.41) is 23.1. The van der Waals surface area contributed by atoms with Gasteiger partial charge in [0.15, 0.2) is 11.6 Å². The number of aliphatic hydroxyl groups is 1. The van der Waals surface area contributed by atoms with E-state index in [0.717, 1.165) is 51.3 Å². The lowest BCUT2D eigenvalue weighted by Crippen LogP contribution is -2.46. The van der Waals surface area contributed by atoms with Crippen LogP contribution in [-0.2, 0) is 4.79 Å². The SMILES string of the molecule is CCCCCCCC(=O)NC(CN1CCCC1)C(O)c1ccc(O)c(F)c1. The quantitative estimate of drug-likeness (QED) is 0.514. The molecule has 2 rings (SSSR count). The van der Waals surface area contributed by atoms with E-state index in [-0.39, 0.29) is 5.91 Å². The molecule has 1 fully saturated rings. The fourth-order valence-electron chi connectivity index (χ4n) is 3.58. The Kier molecular flexibility index (Phi) is 9.01. The van der Waals surface area contributed by atoms with Gasteiger partial charge >= 0.3 is 0 Å². The average Bonchev–Trinajstić information content (AvgIpc) is 3.16. The third-order valence-corrected chi connectivity index (χ3v) is 5.20. The second-order valence-electron chi connectivity index (χ2n) is 7.50. The van der Waals surface area contributed by atoms with Crippen molar-refractivity contribution in [3.63, 3.8) is 0 Å². The van der Waals surface area contributed by atoms with Crippen LogP contribution in [0.15, 0.2) is 18.2 Å². The minimum absolute atomic E-state index is 0.0750. The van der Waals surface area contributed by atoms with Gasteiger partial charge in [-0.2, -0.15) is 0 Å². The predicted molar refractivity (Wildman–Crippen MR) is 104 cm³/mol. The summed E-state index contributed by atoms with van der Waals surface area (Å²) in [7, 11) is 0. The van der Waals surface area contributed by atoms with Crippen LogP contribution in [0, 0.1) is 5.82 Å². The molecule has 2 unspecified atom stereocenters. The van der Waals surface area contributed by atoms with Gasteiger partial charge in [-0.15, -0.1) is 0 Å². The molecule has 1 aromatic carbocycles. The first-order valence-corrected chi connectivity index (χ1v) is 10.2. The van der Waals surface area contributed by atoms with Crippen LogP contribution >= 0.6 is 0 Å². The largest absolute Gasteiger partial charge is 0.505 e. The normalized spacial score (nSPS) is 17.0. The van der Waals surface area contributed by atoms with Gasteiger partial charge in [0.1, 0.15) is 6.10 Å². The molecule has 0 aromatic heterocycles. The lowest BCUT2D eigenvalue weighted by atomic mass is 10.0. The summed E-state index contributed by atoms with van der Waals surface area (Å²) < 4.78 is 13.7. The lowest BCUT2D eigenvalue weighted by molar-refractivity contribution is -0.123. The summed E-state index contributed by atoms with van der Waals surface area (Å²) in [4.78, 5) is 14.6. The summed E-state index contributed by atoms with van der Waals surface area (Å²) in [5.74, 6) is -1.29. The molecule has 1 amide bonds. The number of halogens is 1. The maximum absolute atomic E-state index is 13.7. The van der Waals surface area contributed by atoms with Crippen LogP contribution in [-0.4, -0.2) is 46.7 Å².